The van der Waals surface area contributed by atoms with Gasteiger partial charge in [0.1, 0.15) is 10.9 Å². The van der Waals surface area contributed by atoms with E-state index < -0.39 is 16.2 Å². The average molecular weight is 165 g/mol. The van der Waals surface area contributed by atoms with Crippen LogP contribution in [-0.4, -0.2) is 31.2 Å². The fraction of sp³-hybridized carbons (Fsp3) is 0.333. The molecule has 1 heterocycles. The molecular formula is C3H7N3O3S. The van der Waals surface area contributed by atoms with Crippen molar-refractivity contribution in [3.8, 4) is 0 Å². The molecule has 0 aromatic carbocycles. The standard InChI is InChI=1S/C3H7N3O3S/c4-3-5-1-2(6-3)10(7,8)9/h1-2,7-9H,(H2,4,6). The lowest BCUT2D eigenvalue weighted by Gasteiger charge is -2.20. The summed E-state index contributed by atoms with van der Waals surface area (Å²) in [5.41, 5.74) is 5.05. The van der Waals surface area contributed by atoms with Crippen molar-refractivity contribution in [3.05, 3.63) is 0 Å². The lowest BCUT2D eigenvalue weighted by atomic mass is 10.8. The van der Waals surface area contributed by atoms with Crippen LogP contribution in [0.2, 0.25) is 0 Å². The molecule has 0 bridgehead atoms. The molecule has 1 rings (SSSR count). The predicted molar refractivity (Wildman–Crippen MR) is 39.4 cm³/mol. The van der Waals surface area contributed by atoms with Crippen molar-refractivity contribution < 1.29 is 13.7 Å². The van der Waals surface area contributed by atoms with Crippen LogP contribution in [-0.2, 0) is 0 Å². The summed E-state index contributed by atoms with van der Waals surface area (Å²) < 4.78 is 25.7. The topological polar surface area (TPSA) is 111 Å². The van der Waals surface area contributed by atoms with E-state index in [4.69, 9.17) is 19.4 Å². The van der Waals surface area contributed by atoms with Gasteiger partial charge in [-0.05, 0) is 0 Å². The second-order valence-electron chi connectivity index (χ2n) is 1.72. The molecule has 58 valence electrons. The number of rotatable bonds is 1. The van der Waals surface area contributed by atoms with Crippen LogP contribution in [0.15, 0.2) is 9.98 Å². The third-order valence-electron chi connectivity index (χ3n) is 0.918. The summed E-state index contributed by atoms with van der Waals surface area (Å²) in [5.74, 6) is -0.0565. The van der Waals surface area contributed by atoms with Gasteiger partial charge in [-0.3, -0.25) is 0 Å². The molecule has 1 aliphatic heterocycles. The molecule has 0 aromatic rings. The highest BCUT2D eigenvalue weighted by molar-refractivity contribution is 8.20. The minimum absolute atomic E-state index is 0.0565. The van der Waals surface area contributed by atoms with Crippen molar-refractivity contribution in [2.45, 2.75) is 5.37 Å². The molecule has 0 radical (unpaired) electrons. The lowest BCUT2D eigenvalue weighted by molar-refractivity contribution is 0.372. The Morgan fingerprint density at radius 1 is 1.50 bits per heavy atom. The van der Waals surface area contributed by atoms with E-state index in [9.17, 15) is 0 Å². The first-order valence-corrected chi connectivity index (χ1v) is 3.94. The van der Waals surface area contributed by atoms with Gasteiger partial charge in [-0.15, -0.1) is 0 Å². The fourth-order valence-corrected chi connectivity index (χ4v) is 0.963. The smallest absolute Gasteiger partial charge is 0.216 e. The van der Waals surface area contributed by atoms with Crippen LogP contribution in [0, 0.1) is 0 Å². The van der Waals surface area contributed by atoms with Crippen molar-refractivity contribution in [1.29, 1.82) is 0 Å². The van der Waals surface area contributed by atoms with Crippen molar-refractivity contribution in [2.24, 2.45) is 15.7 Å². The van der Waals surface area contributed by atoms with E-state index in [1.165, 1.54) is 0 Å². The largest absolute Gasteiger partial charge is 0.368 e. The molecule has 1 aliphatic rings. The zero-order valence-electron chi connectivity index (χ0n) is 4.88. The third-order valence-corrected chi connectivity index (χ3v) is 1.79. The SMILES string of the molecule is NC1=NC(S(O)(O)O)C=N1. The second kappa shape index (κ2) is 2.20. The van der Waals surface area contributed by atoms with Crippen LogP contribution in [0.5, 0.6) is 0 Å². The fourth-order valence-electron chi connectivity index (χ4n) is 0.490. The molecule has 1 atom stereocenters. The van der Waals surface area contributed by atoms with Gasteiger partial charge in [0, 0.05) is 6.21 Å². The Bertz CT molecular complexity index is 196. The molecule has 0 saturated heterocycles. The molecule has 0 spiro atoms. The Labute approximate surface area is 58.7 Å². The van der Waals surface area contributed by atoms with Crippen LogP contribution in [0.4, 0.5) is 0 Å². The van der Waals surface area contributed by atoms with E-state index in [1.54, 1.807) is 0 Å². The molecular weight excluding hydrogens is 158 g/mol. The molecule has 10 heavy (non-hydrogen) atoms. The second-order valence-corrected chi connectivity index (χ2v) is 3.32. The van der Waals surface area contributed by atoms with Crippen molar-refractivity contribution >= 4 is 23.0 Å². The molecule has 0 aromatic heterocycles. The van der Waals surface area contributed by atoms with E-state index in [-0.39, 0.29) is 5.96 Å². The predicted octanol–water partition coefficient (Wildman–Crippen LogP) is -0.0648. The molecule has 7 heteroatoms. The van der Waals surface area contributed by atoms with Crippen LogP contribution >= 0.6 is 10.9 Å². The van der Waals surface area contributed by atoms with Gasteiger partial charge in [-0.25, -0.2) is 9.98 Å². The van der Waals surface area contributed by atoms with Gasteiger partial charge in [-0.1, -0.05) is 0 Å². The lowest BCUT2D eigenvalue weighted by Crippen LogP contribution is -2.14. The first-order chi connectivity index (χ1) is 4.50. The number of nitrogens with zero attached hydrogens (tertiary/aromatic N) is 2. The van der Waals surface area contributed by atoms with Gasteiger partial charge in [0.2, 0.25) is 5.96 Å². The van der Waals surface area contributed by atoms with Gasteiger partial charge < -0.3 is 19.4 Å². The summed E-state index contributed by atoms with van der Waals surface area (Å²) in [6.45, 7) is 0. The van der Waals surface area contributed by atoms with Gasteiger partial charge in [0.05, 0.1) is 0 Å². The van der Waals surface area contributed by atoms with E-state index in [0.29, 0.717) is 0 Å². The maximum atomic E-state index is 8.58. The molecule has 0 amide bonds. The zero-order chi connectivity index (χ0) is 7.78. The highest BCUT2D eigenvalue weighted by Crippen LogP contribution is 2.39. The summed E-state index contributed by atoms with van der Waals surface area (Å²) in [4.78, 5) is 6.85. The Morgan fingerprint density at radius 3 is 2.30 bits per heavy atom. The third kappa shape index (κ3) is 1.45. The normalized spacial score (nSPS) is 26.7. The van der Waals surface area contributed by atoms with Crippen LogP contribution in [0.1, 0.15) is 0 Å². The molecule has 6 nitrogen and oxygen atoms in total. The summed E-state index contributed by atoms with van der Waals surface area (Å²) in [6.07, 6.45) is 1.09. The Morgan fingerprint density at radius 2 is 2.10 bits per heavy atom. The van der Waals surface area contributed by atoms with E-state index in [1.807, 2.05) is 0 Å². The quantitative estimate of drug-likeness (QED) is 0.436. The number of guanidine groups is 1. The molecule has 0 saturated carbocycles. The Kier molecular flexibility index (Phi) is 1.65. The summed E-state index contributed by atoms with van der Waals surface area (Å²) >= 11 is 0. The van der Waals surface area contributed by atoms with E-state index in [2.05, 4.69) is 9.98 Å². The Balaban J connectivity index is 2.72. The van der Waals surface area contributed by atoms with Crippen LogP contribution < -0.4 is 5.73 Å². The number of hydrogen-bond acceptors (Lipinski definition) is 6. The maximum Gasteiger partial charge on any atom is 0.216 e. The first-order valence-electron chi connectivity index (χ1n) is 2.37. The van der Waals surface area contributed by atoms with Crippen LogP contribution in [0.25, 0.3) is 0 Å². The minimum Gasteiger partial charge on any atom is -0.368 e. The number of aliphatic imine (C=N–C) groups is 2. The van der Waals surface area contributed by atoms with Gasteiger partial charge in [0.25, 0.3) is 0 Å². The number of nitrogens with two attached hydrogens (primary N) is 1. The molecule has 0 fully saturated rings. The number of hydrogen-bond donors (Lipinski definition) is 4. The summed E-state index contributed by atoms with van der Waals surface area (Å²) in [6, 6.07) is 0. The first kappa shape index (κ1) is 7.48. The summed E-state index contributed by atoms with van der Waals surface area (Å²) in [7, 11) is -3.65. The van der Waals surface area contributed by atoms with E-state index in [0.717, 1.165) is 6.21 Å². The molecule has 1 unspecified atom stereocenters. The Hall–Kier alpha value is -0.630. The van der Waals surface area contributed by atoms with Gasteiger partial charge in [0.15, 0.2) is 5.37 Å². The molecule has 5 N–H and O–H groups in total. The van der Waals surface area contributed by atoms with Crippen LogP contribution in [0.3, 0.4) is 0 Å². The highest BCUT2D eigenvalue weighted by atomic mass is 32.3. The monoisotopic (exact) mass is 165 g/mol. The van der Waals surface area contributed by atoms with Crippen molar-refractivity contribution in [3.63, 3.8) is 0 Å². The minimum atomic E-state index is -3.65. The van der Waals surface area contributed by atoms with Gasteiger partial charge >= 0.3 is 0 Å². The highest BCUT2D eigenvalue weighted by Gasteiger charge is 2.27. The maximum absolute atomic E-state index is 8.58. The summed E-state index contributed by atoms with van der Waals surface area (Å²) in [5, 5.41) is -1.09. The average Bonchev–Trinajstić information content (AvgIpc) is 2.11. The van der Waals surface area contributed by atoms with E-state index >= 15 is 0 Å². The molecule has 0 aliphatic carbocycles. The van der Waals surface area contributed by atoms with Crippen molar-refractivity contribution in [1.82, 2.24) is 0 Å². The van der Waals surface area contributed by atoms with Gasteiger partial charge in [-0.2, -0.15) is 0 Å². The zero-order valence-corrected chi connectivity index (χ0v) is 5.69. The van der Waals surface area contributed by atoms with Crippen molar-refractivity contribution in [2.75, 3.05) is 0 Å².